The van der Waals surface area contributed by atoms with Crippen LogP contribution in [-0.4, -0.2) is 10.9 Å². The minimum absolute atomic E-state index is 0.289. The predicted octanol–water partition coefficient (Wildman–Crippen LogP) is 5.50. The molecule has 0 saturated carbocycles. The van der Waals surface area contributed by atoms with Gasteiger partial charge in [-0.15, -0.1) is 0 Å². The SMILES string of the molecule is Cc1ccc2oc(-c3ccc(NC(=O)c4ccc(F)cc4)c(C)c3)nc2c1. The van der Waals surface area contributed by atoms with Crippen LogP contribution in [-0.2, 0) is 0 Å². The van der Waals surface area contributed by atoms with E-state index in [-0.39, 0.29) is 11.7 Å². The first-order valence-electron chi connectivity index (χ1n) is 8.55. The monoisotopic (exact) mass is 360 g/mol. The van der Waals surface area contributed by atoms with Crippen molar-refractivity contribution in [2.24, 2.45) is 0 Å². The van der Waals surface area contributed by atoms with Gasteiger partial charge in [0.15, 0.2) is 5.58 Å². The van der Waals surface area contributed by atoms with E-state index in [1.807, 2.05) is 50.2 Å². The van der Waals surface area contributed by atoms with Crippen LogP contribution in [0.15, 0.2) is 65.1 Å². The fourth-order valence-electron chi connectivity index (χ4n) is 2.89. The Bertz CT molecular complexity index is 1150. The molecule has 0 atom stereocenters. The molecule has 3 aromatic carbocycles. The van der Waals surface area contributed by atoms with Crippen LogP contribution in [0.3, 0.4) is 0 Å². The lowest BCUT2D eigenvalue weighted by Crippen LogP contribution is -2.12. The molecule has 134 valence electrons. The number of anilines is 1. The van der Waals surface area contributed by atoms with Crippen molar-refractivity contribution in [1.82, 2.24) is 4.98 Å². The van der Waals surface area contributed by atoms with Gasteiger partial charge in [-0.2, -0.15) is 0 Å². The normalized spacial score (nSPS) is 10.9. The summed E-state index contributed by atoms with van der Waals surface area (Å²) in [7, 11) is 0. The second kappa shape index (κ2) is 6.68. The summed E-state index contributed by atoms with van der Waals surface area (Å²) in [5.41, 5.74) is 5.47. The number of fused-ring (bicyclic) bond motifs is 1. The second-order valence-corrected chi connectivity index (χ2v) is 6.48. The number of carbonyl (C=O) groups excluding carboxylic acids is 1. The lowest BCUT2D eigenvalue weighted by Gasteiger charge is -2.09. The van der Waals surface area contributed by atoms with Crippen LogP contribution >= 0.6 is 0 Å². The van der Waals surface area contributed by atoms with Gasteiger partial charge in [-0.05, 0) is 79.6 Å². The maximum atomic E-state index is 13.0. The molecule has 1 aromatic heterocycles. The van der Waals surface area contributed by atoms with E-state index in [1.54, 1.807) is 0 Å². The third kappa shape index (κ3) is 3.44. The molecule has 0 aliphatic carbocycles. The first kappa shape index (κ1) is 17.0. The highest BCUT2D eigenvalue weighted by Crippen LogP contribution is 2.28. The number of amides is 1. The molecule has 1 N–H and O–H groups in total. The number of halogens is 1. The quantitative estimate of drug-likeness (QED) is 0.525. The zero-order valence-corrected chi connectivity index (χ0v) is 14.9. The Balaban J connectivity index is 1.60. The van der Waals surface area contributed by atoms with Crippen molar-refractivity contribution >= 4 is 22.7 Å². The smallest absolute Gasteiger partial charge is 0.255 e. The molecule has 4 rings (SSSR count). The van der Waals surface area contributed by atoms with Crippen molar-refractivity contribution < 1.29 is 13.6 Å². The van der Waals surface area contributed by atoms with Crippen molar-refractivity contribution in [3.63, 3.8) is 0 Å². The Hall–Kier alpha value is -3.47. The van der Waals surface area contributed by atoms with E-state index in [0.717, 1.165) is 27.8 Å². The van der Waals surface area contributed by atoms with E-state index < -0.39 is 0 Å². The highest BCUT2D eigenvalue weighted by atomic mass is 19.1. The van der Waals surface area contributed by atoms with Crippen molar-refractivity contribution in [3.8, 4) is 11.5 Å². The van der Waals surface area contributed by atoms with Crippen LogP contribution in [0.25, 0.3) is 22.6 Å². The van der Waals surface area contributed by atoms with Gasteiger partial charge in [0.05, 0.1) is 0 Å². The second-order valence-electron chi connectivity index (χ2n) is 6.48. The molecular formula is C22H17FN2O2. The summed E-state index contributed by atoms with van der Waals surface area (Å²) in [6.07, 6.45) is 0. The van der Waals surface area contributed by atoms with E-state index in [4.69, 9.17) is 4.42 Å². The molecule has 0 fully saturated rings. The number of carbonyl (C=O) groups is 1. The van der Waals surface area contributed by atoms with Gasteiger partial charge in [-0.1, -0.05) is 6.07 Å². The molecule has 4 nitrogen and oxygen atoms in total. The molecule has 4 aromatic rings. The van der Waals surface area contributed by atoms with Gasteiger partial charge >= 0.3 is 0 Å². The van der Waals surface area contributed by atoms with Gasteiger partial charge in [-0.25, -0.2) is 9.37 Å². The lowest BCUT2D eigenvalue weighted by atomic mass is 10.1. The maximum absolute atomic E-state index is 13.0. The molecule has 1 amide bonds. The standard InChI is InChI=1S/C22H17FN2O2/c1-13-3-10-20-19(11-13)25-22(27-20)16-6-9-18(14(2)12-16)24-21(26)15-4-7-17(23)8-5-15/h3-12H,1-2H3,(H,24,26). The molecule has 0 spiro atoms. The molecule has 0 radical (unpaired) electrons. The summed E-state index contributed by atoms with van der Waals surface area (Å²) >= 11 is 0. The largest absolute Gasteiger partial charge is 0.436 e. The molecule has 0 unspecified atom stereocenters. The van der Waals surface area contributed by atoms with Gasteiger partial charge in [0.1, 0.15) is 11.3 Å². The Labute approximate surface area is 155 Å². The summed E-state index contributed by atoms with van der Waals surface area (Å²) in [6, 6.07) is 16.9. The number of aryl methyl sites for hydroxylation is 2. The van der Waals surface area contributed by atoms with Crippen molar-refractivity contribution in [1.29, 1.82) is 0 Å². The van der Waals surface area contributed by atoms with E-state index in [9.17, 15) is 9.18 Å². The van der Waals surface area contributed by atoms with Crippen molar-refractivity contribution in [3.05, 3.63) is 83.2 Å². The molecule has 5 heteroatoms. The zero-order valence-electron chi connectivity index (χ0n) is 14.9. The first-order chi connectivity index (χ1) is 13.0. The number of nitrogens with zero attached hydrogens (tertiary/aromatic N) is 1. The molecule has 27 heavy (non-hydrogen) atoms. The van der Waals surface area contributed by atoms with Crippen LogP contribution in [0.5, 0.6) is 0 Å². The minimum atomic E-state index is -0.374. The number of nitrogens with one attached hydrogen (secondary N) is 1. The van der Waals surface area contributed by atoms with E-state index in [2.05, 4.69) is 10.3 Å². The average molecular weight is 360 g/mol. The third-order valence-electron chi connectivity index (χ3n) is 4.37. The van der Waals surface area contributed by atoms with Gasteiger partial charge in [-0.3, -0.25) is 4.79 Å². The number of aromatic nitrogens is 1. The molecule has 0 aliphatic rings. The van der Waals surface area contributed by atoms with Crippen LogP contribution in [0.2, 0.25) is 0 Å². The number of hydrogen-bond donors (Lipinski definition) is 1. The summed E-state index contributed by atoms with van der Waals surface area (Å²) in [6.45, 7) is 3.91. The highest BCUT2D eigenvalue weighted by Gasteiger charge is 2.12. The zero-order chi connectivity index (χ0) is 19.0. The van der Waals surface area contributed by atoms with Crippen LogP contribution in [0, 0.1) is 19.7 Å². The lowest BCUT2D eigenvalue weighted by molar-refractivity contribution is 0.102. The minimum Gasteiger partial charge on any atom is -0.436 e. The molecule has 0 bridgehead atoms. The van der Waals surface area contributed by atoms with E-state index in [1.165, 1.54) is 24.3 Å². The number of rotatable bonds is 3. The summed E-state index contributed by atoms with van der Waals surface area (Å²) in [5.74, 6) is -0.126. The van der Waals surface area contributed by atoms with Gasteiger partial charge in [0.25, 0.3) is 5.91 Å². The number of oxazole rings is 1. The average Bonchev–Trinajstić information content (AvgIpc) is 3.07. The molecular weight excluding hydrogens is 343 g/mol. The van der Waals surface area contributed by atoms with Crippen LogP contribution < -0.4 is 5.32 Å². The topological polar surface area (TPSA) is 55.1 Å². The molecule has 0 saturated heterocycles. The number of benzene rings is 3. The van der Waals surface area contributed by atoms with Gasteiger partial charge in [0, 0.05) is 16.8 Å². The molecule has 0 aliphatic heterocycles. The third-order valence-corrected chi connectivity index (χ3v) is 4.37. The van der Waals surface area contributed by atoms with Gasteiger partial charge in [0.2, 0.25) is 5.89 Å². The fraction of sp³-hybridized carbons (Fsp3) is 0.0909. The van der Waals surface area contributed by atoms with Crippen molar-refractivity contribution in [2.75, 3.05) is 5.32 Å². The number of hydrogen-bond acceptors (Lipinski definition) is 3. The van der Waals surface area contributed by atoms with Gasteiger partial charge < -0.3 is 9.73 Å². The fourth-order valence-corrected chi connectivity index (χ4v) is 2.89. The Morgan fingerprint density at radius 3 is 2.52 bits per heavy atom. The first-order valence-corrected chi connectivity index (χ1v) is 8.55. The van der Waals surface area contributed by atoms with E-state index in [0.29, 0.717) is 17.1 Å². The maximum Gasteiger partial charge on any atom is 0.255 e. The van der Waals surface area contributed by atoms with E-state index >= 15 is 0 Å². The Morgan fingerprint density at radius 1 is 1.00 bits per heavy atom. The predicted molar refractivity (Wildman–Crippen MR) is 103 cm³/mol. The molecule has 1 heterocycles. The highest BCUT2D eigenvalue weighted by molar-refractivity contribution is 6.04. The summed E-state index contributed by atoms with van der Waals surface area (Å²) < 4.78 is 18.8. The Kier molecular flexibility index (Phi) is 4.20. The Morgan fingerprint density at radius 2 is 1.78 bits per heavy atom. The van der Waals surface area contributed by atoms with Crippen LogP contribution in [0.1, 0.15) is 21.5 Å². The summed E-state index contributed by atoms with van der Waals surface area (Å²) in [4.78, 5) is 16.9. The summed E-state index contributed by atoms with van der Waals surface area (Å²) in [5, 5.41) is 2.85. The van der Waals surface area contributed by atoms with Crippen LogP contribution in [0.4, 0.5) is 10.1 Å². The van der Waals surface area contributed by atoms with Crippen molar-refractivity contribution in [2.45, 2.75) is 13.8 Å².